The Balaban J connectivity index is 1.38. The van der Waals surface area contributed by atoms with Crippen LogP contribution in [-0.2, 0) is 5.41 Å². The highest BCUT2D eigenvalue weighted by Crippen LogP contribution is 2.75. The molecule has 2 atom stereocenters. The second-order valence-electron chi connectivity index (χ2n) is 9.52. The highest BCUT2D eigenvalue weighted by Gasteiger charge is 2.86. The van der Waals surface area contributed by atoms with E-state index in [1.165, 1.54) is 0 Å². The van der Waals surface area contributed by atoms with Crippen LogP contribution in [0.15, 0.2) is 34.9 Å². The predicted octanol–water partition coefficient (Wildman–Crippen LogP) is 2.95. The summed E-state index contributed by atoms with van der Waals surface area (Å²) < 4.78 is 49.3. The Morgan fingerprint density at radius 1 is 1.06 bits per heavy atom. The van der Waals surface area contributed by atoms with E-state index in [2.05, 4.69) is 26.2 Å². The van der Waals surface area contributed by atoms with E-state index in [0.29, 0.717) is 35.2 Å². The predicted molar refractivity (Wildman–Crippen MR) is 117 cm³/mol. The van der Waals surface area contributed by atoms with Gasteiger partial charge in [-0.1, -0.05) is 5.10 Å². The first-order valence-electron chi connectivity index (χ1n) is 11.1. The molecule has 0 unspecified atom stereocenters. The normalized spacial score (nSPS) is 27.1. The Bertz CT molecular complexity index is 1310. The molecule has 0 radical (unpaired) electrons. The summed E-state index contributed by atoms with van der Waals surface area (Å²) >= 11 is 0. The van der Waals surface area contributed by atoms with Crippen LogP contribution in [0.1, 0.15) is 17.9 Å². The van der Waals surface area contributed by atoms with Gasteiger partial charge in [0, 0.05) is 56.5 Å². The number of nitriles is 1. The minimum Gasteiger partial charge on any atom is -0.407 e. The summed E-state index contributed by atoms with van der Waals surface area (Å²) in [6.07, 6.45) is -2.92. The fourth-order valence-electron chi connectivity index (χ4n) is 5.63. The molecule has 8 nitrogen and oxygen atoms in total. The van der Waals surface area contributed by atoms with E-state index in [9.17, 15) is 18.4 Å². The largest absolute Gasteiger partial charge is 0.407 e. The van der Waals surface area contributed by atoms with Crippen molar-refractivity contribution >= 4 is 22.6 Å². The van der Waals surface area contributed by atoms with Crippen molar-refractivity contribution in [1.29, 1.82) is 5.26 Å². The van der Waals surface area contributed by atoms with Gasteiger partial charge >= 0.3 is 12.2 Å². The lowest BCUT2D eigenvalue weighted by molar-refractivity contribution is -0.187. The van der Waals surface area contributed by atoms with Crippen molar-refractivity contribution in [1.82, 2.24) is 20.1 Å². The third kappa shape index (κ3) is 2.84. The zero-order valence-electron chi connectivity index (χ0n) is 18.5. The number of rotatable bonds is 3. The molecule has 3 fully saturated rings. The van der Waals surface area contributed by atoms with Gasteiger partial charge in [0.25, 0.3) is 0 Å². The summed E-state index contributed by atoms with van der Waals surface area (Å²) in [6.45, 7) is 2.91. The summed E-state index contributed by atoms with van der Waals surface area (Å²) in [5.74, 6) is 0.0531. The maximum absolute atomic E-state index is 14.5. The van der Waals surface area contributed by atoms with Crippen LogP contribution in [0.5, 0.6) is 0 Å². The van der Waals surface area contributed by atoms with Gasteiger partial charge in [-0.15, -0.1) is 5.10 Å². The Morgan fingerprint density at radius 3 is 2.59 bits per heavy atom. The number of alkyl halides is 3. The number of piperidine rings is 1. The van der Waals surface area contributed by atoms with Crippen molar-refractivity contribution < 1.29 is 17.6 Å². The number of benzene rings is 1. The van der Waals surface area contributed by atoms with Gasteiger partial charge in [-0.25, -0.2) is 0 Å². The standard InChI is InChI=1S/C23H22F3N7O/c1-31-7-9-32(10-8-31)20-30-29-19(34-20)21-12-22(21,23(24,25)26)14-33(13-21)17-5-4-15(11-27)18-16(17)3-2-6-28-18/h2-6H,7-10,12-14H2,1H3/t21-,22-/m0/s1. The second-order valence-corrected chi connectivity index (χ2v) is 9.52. The van der Waals surface area contributed by atoms with E-state index >= 15 is 0 Å². The van der Waals surface area contributed by atoms with Crippen LogP contribution < -0.4 is 9.80 Å². The lowest BCUT2D eigenvalue weighted by Crippen LogP contribution is -2.44. The summed E-state index contributed by atoms with van der Waals surface area (Å²) in [6, 6.07) is 9.21. The quantitative estimate of drug-likeness (QED) is 0.579. The molecule has 2 saturated heterocycles. The lowest BCUT2D eigenvalue weighted by Gasteiger charge is -2.30. The van der Waals surface area contributed by atoms with Crippen LogP contribution >= 0.6 is 0 Å². The molecule has 2 aromatic heterocycles. The topological polar surface area (TPSA) is 85.3 Å². The molecule has 0 bridgehead atoms. The smallest absolute Gasteiger partial charge is 0.397 e. The Kier molecular flexibility index (Phi) is 4.39. The molecule has 4 heterocycles. The molecular formula is C23H22F3N7O. The molecule has 2 aliphatic heterocycles. The maximum atomic E-state index is 14.5. The number of hydrogen-bond donors (Lipinski definition) is 0. The van der Waals surface area contributed by atoms with Gasteiger partial charge < -0.3 is 19.1 Å². The van der Waals surface area contributed by atoms with E-state index in [1.807, 2.05) is 11.9 Å². The first kappa shape index (κ1) is 21.2. The minimum atomic E-state index is -4.43. The molecule has 0 spiro atoms. The molecule has 11 heteroatoms. The lowest BCUT2D eigenvalue weighted by atomic mass is 9.95. The molecule has 1 saturated carbocycles. The van der Waals surface area contributed by atoms with Crippen molar-refractivity contribution in [3.8, 4) is 6.07 Å². The molecule has 176 valence electrons. The average molecular weight is 469 g/mol. The molecule has 1 aliphatic carbocycles. The van der Waals surface area contributed by atoms with Gasteiger partial charge in [0.2, 0.25) is 5.89 Å². The third-order valence-electron chi connectivity index (χ3n) is 7.66. The van der Waals surface area contributed by atoms with Crippen LogP contribution in [0.4, 0.5) is 24.9 Å². The molecule has 34 heavy (non-hydrogen) atoms. The van der Waals surface area contributed by atoms with E-state index in [0.717, 1.165) is 13.1 Å². The van der Waals surface area contributed by atoms with Crippen molar-refractivity contribution in [3.63, 3.8) is 0 Å². The summed E-state index contributed by atoms with van der Waals surface area (Å²) in [5.41, 5.74) is -1.75. The first-order valence-corrected chi connectivity index (χ1v) is 11.1. The first-order chi connectivity index (χ1) is 16.3. The van der Waals surface area contributed by atoms with Crippen LogP contribution in [0.25, 0.3) is 10.9 Å². The summed E-state index contributed by atoms with van der Waals surface area (Å²) in [5, 5.41) is 18.3. The number of fused-ring (bicyclic) bond motifs is 2. The average Bonchev–Trinajstić information content (AvgIpc) is 3.14. The summed E-state index contributed by atoms with van der Waals surface area (Å²) in [7, 11) is 2.02. The minimum absolute atomic E-state index is 0.0531. The van der Waals surface area contributed by atoms with Crippen LogP contribution in [0, 0.1) is 16.7 Å². The van der Waals surface area contributed by atoms with Crippen molar-refractivity contribution in [2.45, 2.75) is 18.0 Å². The van der Waals surface area contributed by atoms with Gasteiger partial charge in [-0.05, 0) is 37.7 Å². The van der Waals surface area contributed by atoms with Gasteiger partial charge in [0.15, 0.2) is 0 Å². The number of piperazine rings is 1. The SMILES string of the molecule is CN1CCN(c2nnc([C@]34CN(c5ccc(C#N)c6ncccc56)C[C@@]3(C(F)(F)F)C4)o2)CC1. The molecular weight excluding hydrogens is 447 g/mol. The van der Waals surface area contributed by atoms with Gasteiger partial charge in [-0.2, -0.15) is 18.4 Å². The van der Waals surface area contributed by atoms with Crippen molar-refractivity contribution in [2.75, 3.05) is 56.1 Å². The van der Waals surface area contributed by atoms with Crippen LogP contribution in [-0.4, -0.2) is 72.6 Å². The number of hydrogen-bond acceptors (Lipinski definition) is 8. The van der Waals surface area contributed by atoms with E-state index < -0.39 is 17.0 Å². The highest BCUT2D eigenvalue weighted by atomic mass is 19.4. The van der Waals surface area contributed by atoms with Crippen molar-refractivity contribution in [2.24, 2.45) is 5.41 Å². The van der Waals surface area contributed by atoms with E-state index in [1.54, 1.807) is 35.4 Å². The molecule has 1 aromatic carbocycles. The highest BCUT2D eigenvalue weighted by molar-refractivity contribution is 5.95. The van der Waals surface area contributed by atoms with Crippen LogP contribution in [0.2, 0.25) is 0 Å². The fraction of sp³-hybridized carbons (Fsp3) is 0.478. The molecule has 3 aliphatic rings. The number of nitrogens with zero attached hydrogens (tertiary/aromatic N) is 7. The van der Waals surface area contributed by atoms with E-state index in [-0.39, 0.29) is 31.4 Å². The van der Waals surface area contributed by atoms with Crippen molar-refractivity contribution in [3.05, 3.63) is 41.9 Å². The maximum Gasteiger partial charge on any atom is 0.397 e. The van der Waals surface area contributed by atoms with E-state index in [4.69, 9.17) is 4.42 Å². The number of pyridine rings is 1. The monoisotopic (exact) mass is 469 g/mol. The Morgan fingerprint density at radius 2 is 1.85 bits per heavy atom. The third-order valence-corrected chi connectivity index (χ3v) is 7.66. The summed E-state index contributed by atoms with van der Waals surface area (Å²) in [4.78, 5) is 10.1. The molecule has 0 N–H and O–H groups in total. The second kappa shape index (κ2) is 7.06. The number of anilines is 2. The van der Waals surface area contributed by atoms with Gasteiger partial charge in [0.1, 0.15) is 11.5 Å². The zero-order chi connectivity index (χ0) is 23.7. The molecule has 6 rings (SSSR count). The number of likely N-dealkylation sites (N-methyl/N-ethyl adjacent to an activating group) is 1. The number of aromatic nitrogens is 3. The zero-order valence-corrected chi connectivity index (χ0v) is 18.5. The van der Waals surface area contributed by atoms with Gasteiger partial charge in [-0.3, -0.25) is 4.98 Å². The Hall–Kier alpha value is -3.39. The molecule has 3 aromatic rings. The van der Waals surface area contributed by atoms with Crippen LogP contribution in [0.3, 0.4) is 0 Å². The Labute approximate surface area is 193 Å². The molecule has 0 amide bonds. The van der Waals surface area contributed by atoms with Gasteiger partial charge in [0.05, 0.1) is 16.5 Å². The fourth-order valence-corrected chi connectivity index (χ4v) is 5.63. The number of halogens is 3.